The molecule has 0 fully saturated rings. The molecule has 4 nitrogen and oxygen atoms in total. The molecule has 106 valence electrons. The number of aryl methyl sites for hydroxylation is 1. The highest BCUT2D eigenvalue weighted by atomic mass is 35.5. The lowest BCUT2D eigenvalue weighted by Gasteiger charge is -2.03. The Balaban J connectivity index is 2.22. The largest absolute Gasteiger partial charge is 0.287 e. The maximum Gasteiger partial charge on any atom is 0.216 e. The Morgan fingerprint density at radius 3 is 2.71 bits per heavy atom. The molecule has 0 aliphatic heterocycles. The molecule has 7 heteroatoms. The maximum atomic E-state index is 13.8. The molecule has 0 radical (unpaired) electrons. The quantitative estimate of drug-likeness (QED) is 0.683. The Morgan fingerprint density at radius 2 is 2.00 bits per heavy atom. The molecule has 0 unspecified atom stereocenters. The third-order valence-electron chi connectivity index (χ3n) is 3.01. The summed E-state index contributed by atoms with van der Waals surface area (Å²) in [6.45, 7) is 1.61. The molecule has 0 saturated carbocycles. The fourth-order valence-electron chi connectivity index (χ4n) is 2.08. The molecule has 2 heterocycles. The number of fused-ring (bicyclic) bond motifs is 1. The molecule has 0 N–H and O–H groups in total. The average molecular weight is 308 g/mol. The third kappa shape index (κ3) is 2.27. The predicted octanol–water partition coefficient (Wildman–Crippen LogP) is 3.20. The summed E-state index contributed by atoms with van der Waals surface area (Å²) in [6, 6.07) is 5.91. The van der Waals surface area contributed by atoms with Crippen LogP contribution in [0, 0.1) is 18.6 Å². The lowest BCUT2D eigenvalue weighted by molar-refractivity contribution is 0.102. The molecule has 0 saturated heterocycles. The van der Waals surface area contributed by atoms with Gasteiger partial charge in [0, 0.05) is 6.07 Å². The summed E-state index contributed by atoms with van der Waals surface area (Å²) < 4.78 is 28.0. The van der Waals surface area contributed by atoms with E-state index in [4.69, 9.17) is 11.6 Å². The number of carbonyl (C=O) groups is 1. The summed E-state index contributed by atoms with van der Waals surface area (Å²) >= 11 is 5.81. The molecular weight excluding hydrogens is 300 g/mol. The van der Waals surface area contributed by atoms with Crippen molar-refractivity contribution in [2.45, 2.75) is 6.92 Å². The van der Waals surface area contributed by atoms with Crippen LogP contribution in [0.15, 0.2) is 30.3 Å². The first-order valence-electron chi connectivity index (χ1n) is 5.99. The molecule has 0 spiro atoms. The van der Waals surface area contributed by atoms with E-state index in [2.05, 4.69) is 10.1 Å². The SMILES string of the molecule is Cc1nc2ccc(Cl)nn2c1C(=O)c1ccc(F)cc1F. The molecule has 2 aromatic heterocycles. The number of halogens is 3. The molecule has 3 rings (SSSR count). The first-order chi connectivity index (χ1) is 9.97. The van der Waals surface area contributed by atoms with Gasteiger partial charge in [-0.05, 0) is 31.2 Å². The van der Waals surface area contributed by atoms with Crippen molar-refractivity contribution in [3.63, 3.8) is 0 Å². The van der Waals surface area contributed by atoms with Crippen molar-refractivity contribution >= 4 is 23.0 Å². The number of imidazole rings is 1. The summed E-state index contributed by atoms with van der Waals surface area (Å²) in [5.74, 6) is -2.32. The second kappa shape index (κ2) is 4.89. The molecule has 0 atom stereocenters. The second-order valence-electron chi connectivity index (χ2n) is 4.43. The van der Waals surface area contributed by atoms with E-state index >= 15 is 0 Å². The fraction of sp³-hybridized carbons (Fsp3) is 0.0714. The molecular formula is C14H8ClF2N3O. The Labute approximate surface area is 123 Å². The van der Waals surface area contributed by atoms with Crippen LogP contribution in [0.25, 0.3) is 5.65 Å². The van der Waals surface area contributed by atoms with Crippen LogP contribution in [0.5, 0.6) is 0 Å². The van der Waals surface area contributed by atoms with Crippen LogP contribution < -0.4 is 0 Å². The van der Waals surface area contributed by atoms with Gasteiger partial charge in [0.2, 0.25) is 5.78 Å². The van der Waals surface area contributed by atoms with Gasteiger partial charge in [0.05, 0.1) is 11.3 Å². The smallest absolute Gasteiger partial charge is 0.216 e. The van der Waals surface area contributed by atoms with Crippen molar-refractivity contribution in [3.05, 3.63) is 64.1 Å². The van der Waals surface area contributed by atoms with Crippen molar-refractivity contribution in [2.75, 3.05) is 0 Å². The standard InChI is InChI=1S/C14H8ClF2N3O/c1-7-13(20-12(18-7)5-4-11(15)19-20)14(21)9-3-2-8(16)6-10(9)17/h2-6H,1H3. The highest BCUT2D eigenvalue weighted by Gasteiger charge is 2.22. The minimum absolute atomic E-state index is 0.0954. The van der Waals surface area contributed by atoms with Gasteiger partial charge in [-0.3, -0.25) is 4.79 Å². The lowest BCUT2D eigenvalue weighted by Crippen LogP contribution is -2.11. The zero-order valence-corrected chi connectivity index (χ0v) is 11.5. The van der Waals surface area contributed by atoms with Gasteiger partial charge in [-0.25, -0.2) is 18.3 Å². The van der Waals surface area contributed by atoms with Gasteiger partial charge < -0.3 is 0 Å². The van der Waals surface area contributed by atoms with Crippen LogP contribution in [0.3, 0.4) is 0 Å². The van der Waals surface area contributed by atoms with E-state index in [1.165, 1.54) is 10.6 Å². The van der Waals surface area contributed by atoms with Crippen LogP contribution >= 0.6 is 11.6 Å². The minimum atomic E-state index is -0.934. The first kappa shape index (κ1) is 13.6. The fourth-order valence-corrected chi connectivity index (χ4v) is 2.22. The van der Waals surface area contributed by atoms with Crippen molar-refractivity contribution in [1.29, 1.82) is 0 Å². The second-order valence-corrected chi connectivity index (χ2v) is 4.81. The molecule has 0 bridgehead atoms. The molecule has 0 aliphatic carbocycles. The number of benzene rings is 1. The van der Waals surface area contributed by atoms with Crippen molar-refractivity contribution in [2.24, 2.45) is 0 Å². The number of hydrogen-bond acceptors (Lipinski definition) is 3. The van der Waals surface area contributed by atoms with E-state index in [9.17, 15) is 13.6 Å². The van der Waals surface area contributed by atoms with Gasteiger partial charge >= 0.3 is 0 Å². The maximum absolute atomic E-state index is 13.8. The minimum Gasteiger partial charge on any atom is -0.287 e. The van der Waals surface area contributed by atoms with E-state index in [-0.39, 0.29) is 16.4 Å². The van der Waals surface area contributed by atoms with Gasteiger partial charge in [0.15, 0.2) is 5.65 Å². The third-order valence-corrected chi connectivity index (χ3v) is 3.21. The van der Waals surface area contributed by atoms with Crippen molar-refractivity contribution in [3.8, 4) is 0 Å². The summed E-state index contributed by atoms with van der Waals surface area (Å²) in [7, 11) is 0. The number of hydrogen-bond donors (Lipinski definition) is 0. The van der Waals surface area contributed by atoms with E-state index in [0.29, 0.717) is 17.4 Å². The zero-order valence-electron chi connectivity index (χ0n) is 10.8. The molecule has 0 aliphatic rings. The van der Waals surface area contributed by atoms with E-state index in [0.717, 1.165) is 12.1 Å². The van der Waals surface area contributed by atoms with Crippen LogP contribution in [0.2, 0.25) is 5.15 Å². The van der Waals surface area contributed by atoms with Crippen LogP contribution in [0.4, 0.5) is 8.78 Å². The molecule has 21 heavy (non-hydrogen) atoms. The van der Waals surface area contributed by atoms with Gasteiger partial charge in [0.1, 0.15) is 22.5 Å². The van der Waals surface area contributed by atoms with Gasteiger partial charge in [-0.2, -0.15) is 5.10 Å². The Hall–Kier alpha value is -2.34. The van der Waals surface area contributed by atoms with Crippen LogP contribution in [0.1, 0.15) is 21.7 Å². The molecule has 0 amide bonds. The monoisotopic (exact) mass is 307 g/mol. The van der Waals surface area contributed by atoms with Gasteiger partial charge in [-0.15, -0.1) is 0 Å². The Morgan fingerprint density at radius 1 is 1.24 bits per heavy atom. The van der Waals surface area contributed by atoms with Crippen molar-refractivity contribution in [1.82, 2.24) is 14.6 Å². The average Bonchev–Trinajstić information content (AvgIpc) is 2.73. The van der Waals surface area contributed by atoms with E-state index in [1.54, 1.807) is 13.0 Å². The van der Waals surface area contributed by atoms with Gasteiger partial charge in [-0.1, -0.05) is 11.6 Å². The topological polar surface area (TPSA) is 47.3 Å². The van der Waals surface area contributed by atoms with Gasteiger partial charge in [0.25, 0.3) is 0 Å². The Kier molecular flexibility index (Phi) is 3.17. The number of carbonyl (C=O) groups excluding carboxylic acids is 1. The van der Waals surface area contributed by atoms with Crippen molar-refractivity contribution < 1.29 is 13.6 Å². The van der Waals surface area contributed by atoms with E-state index in [1.807, 2.05) is 0 Å². The summed E-state index contributed by atoms with van der Waals surface area (Å²) in [6.07, 6.45) is 0. The lowest BCUT2D eigenvalue weighted by atomic mass is 10.1. The summed E-state index contributed by atoms with van der Waals surface area (Å²) in [5.41, 5.74) is 0.655. The van der Waals surface area contributed by atoms with E-state index < -0.39 is 17.4 Å². The molecule has 1 aromatic carbocycles. The van der Waals surface area contributed by atoms with Crippen LogP contribution in [-0.2, 0) is 0 Å². The highest BCUT2D eigenvalue weighted by molar-refractivity contribution is 6.29. The summed E-state index contributed by atoms with van der Waals surface area (Å²) in [4.78, 5) is 16.7. The summed E-state index contributed by atoms with van der Waals surface area (Å²) in [5, 5.41) is 4.17. The Bertz CT molecular complexity index is 876. The first-order valence-corrected chi connectivity index (χ1v) is 6.37. The zero-order chi connectivity index (χ0) is 15.1. The van der Waals surface area contributed by atoms with Crippen LogP contribution in [-0.4, -0.2) is 20.4 Å². The number of nitrogens with zero attached hydrogens (tertiary/aromatic N) is 3. The number of ketones is 1. The number of aromatic nitrogens is 3. The predicted molar refractivity (Wildman–Crippen MR) is 72.5 cm³/mol. The highest BCUT2D eigenvalue weighted by Crippen LogP contribution is 2.19. The normalized spacial score (nSPS) is 11.0. The number of rotatable bonds is 2. The molecule has 3 aromatic rings.